The highest BCUT2D eigenvalue weighted by atomic mass is 32.2. The van der Waals surface area contributed by atoms with Gasteiger partial charge in [-0.05, 0) is 56.2 Å². The van der Waals surface area contributed by atoms with Crippen LogP contribution in [-0.4, -0.2) is 43.7 Å². The fraction of sp³-hybridized carbons (Fsp3) is 0.318. The molecule has 3 rings (SSSR count). The lowest BCUT2D eigenvalue weighted by Gasteiger charge is -2.22. The molecule has 4 amide bonds. The minimum atomic E-state index is -3.69. The zero-order valence-corrected chi connectivity index (χ0v) is 19.2. The van der Waals surface area contributed by atoms with Crippen LogP contribution in [0.2, 0.25) is 0 Å². The number of imide groups is 1. The second kappa shape index (κ2) is 9.28. The molecule has 1 atom stereocenters. The van der Waals surface area contributed by atoms with E-state index in [-0.39, 0.29) is 17.5 Å². The minimum absolute atomic E-state index is 0.00273. The second-order valence-electron chi connectivity index (χ2n) is 8.15. The fourth-order valence-corrected chi connectivity index (χ4v) is 4.74. The molecule has 11 heteroatoms. The molecule has 1 heterocycles. The summed E-state index contributed by atoms with van der Waals surface area (Å²) in [6.45, 7) is 4.38. The van der Waals surface area contributed by atoms with Crippen molar-refractivity contribution in [1.82, 2.24) is 20.3 Å². The van der Waals surface area contributed by atoms with Crippen molar-refractivity contribution in [3.8, 4) is 0 Å². The van der Waals surface area contributed by atoms with Gasteiger partial charge in [-0.2, -0.15) is 0 Å². The normalized spacial score (nSPS) is 18.5. The first-order valence-electron chi connectivity index (χ1n) is 10.2. The number of nitrogens with zero attached hydrogens (tertiary/aromatic N) is 1. The lowest BCUT2D eigenvalue weighted by molar-refractivity contribution is -0.134. The van der Waals surface area contributed by atoms with Crippen LogP contribution in [0.1, 0.15) is 31.9 Å². The lowest BCUT2D eigenvalue weighted by Crippen LogP contribution is -2.43. The molecule has 9 nitrogen and oxygen atoms in total. The van der Waals surface area contributed by atoms with E-state index in [9.17, 15) is 27.2 Å². The smallest absolute Gasteiger partial charge is 0.325 e. The molecule has 2 aromatic carbocycles. The van der Waals surface area contributed by atoms with Gasteiger partial charge < -0.3 is 10.6 Å². The molecule has 1 fully saturated rings. The molecule has 1 aliphatic heterocycles. The van der Waals surface area contributed by atoms with E-state index in [2.05, 4.69) is 15.4 Å². The number of halogens is 1. The highest BCUT2D eigenvalue weighted by Crippen LogP contribution is 2.28. The Morgan fingerprint density at radius 3 is 2.45 bits per heavy atom. The molecule has 33 heavy (non-hydrogen) atoms. The Hall–Kier alpha value is -3.31. The van der Waals surface area contributed by atoms with Crippen LogP contribution in [0, 0.1) is 5.82 Å². The van der Waals surface area contributed by atoms with E-state index in [1.165, 1.54) is 43.3 Å². The summed E-state index contributed by atoms with van der Waals surface area (Å²) in [5, 5.41) is 5.13. The molecule has 0 saturated carbocycles. The summed E-state index contributed by atoms with van der Waals surface area (Å²) in [5.41, 5.74) is -0.501. The third-order valence-electron chi connectivity index (χ3n) is 5.09. The number of amides is 4. The van der Waals surface area contributed by atoms with Crippen molar-refractivity contribution in [2.24, 2.45) is 0 Å². The predicted octanol–water partition coefficient (Wildman–Crippen LogP) is 1.60. The number of carbonyl (C=O) groups is 3. The third-order valence-corrected chi connectivity index (χ3v) is 6.74. The highest BCUT2D eigenvalue weighted by molar-refractivity contribution is 7.89. The van der Waals surface area contributed by atoms with Crippen LogP contribution in [0.15, 0.2) is 53.4 Å². The Labute approximate surface area is 191 Å². The lowest BCUT2D eigenvalue weighted by atomic mass is 9.92. The van der Waals surface area contributed by atoms with Crippen LogP contribution in [0.25, 0.3) is 0 Å². The number of nitrogens with one attached hydrogen (secondary N) is 3. The van der Waals surface area contributed by atoms with Crippen molar-refractivity contribution in [2.75, 3.05) is 6.54 Å². The zero-order chi connectivity index (χ0) is 24.4. The molecule has 1 saturated heterocycles. The molecule has 3 N–H and O–H groups in total. The molecule has 176 valence electrons. The van der Waals surface area contributed by atoms with E-state index < -0.39 is 45.8 Å². The Kier molecular flexibility index (Phi) is 6.84. The summed E-state index contributed by atoms with van der Waals surface area (Å²) in [5.74, 6) is -1.72. The topological polar surface area (TPSA) is 125 Å². The van der Waals surface area contributed by atoms with Gasteiger partial charge in [0, 0.05) is 12.6 Å². The Morgan fingerprint density at radius 2 is 1.82 bits per heavy atom. The van der Waals surface area contributed by atoms with Gasteiger partial charge in [0.1, 0.15) is 17.9 Å². The average Bonchev–Trinajstić information content (AvgIpc) is 2.96. The molecule has 0 bridgehead atoms. The van der Waals surface area contributed by atoms with Crippen molar-refractivity contribution in [3.63, 3.8) is 0 Å². The summed E-state index contributed by atoms with van der Waals surface area (Å²) in [7, 11) is -3.69. The highest BCUT2D eigenvalue weighted by Gasteiger charge is 2.49. The monoisotopic (exact) mass is 476 g/mol. The number of hydrogen-bond acceptors (Lipinski definition) is 5. The van der Waals surface area contributed by atoms with E-state index in [1.54, 1.807) is 26.0 Å². The van der Waals surface area contributed by atoms with Gasteiger partial charge in [0.2, 0.25) is 15.9 Å². The van der Waals surface area contributed by atoms with Crippen molar-refractivity contribution in [2.45, 2.75) is 43.8 Å². The number of benzene rings is 2. The predicted molar refractivity (Wildman–Crippen MR) is 118 cm³/mol. The zero-order valence-electron chi connectivity index (χ0n) is 18.4. The van der Waals surface area contributed by atoms with Gasteiger partial charge >= 0.3 is 6.03 Å². The molecule has 1 aliphatic rings. The van der Waals surface area contributed by atoms with Crippen LogP contribution < -0.4 is 15.4 Å². The van der Waals surface area contributed by atoms with Gasteiger partial charge in [-0.3, -0.25) is 14.5 Å². The molecular formula is C22H25FN4O5S. The minimum Gasteiger partial charge on any atom is -0.350 e. The SMILES string of the molecule is CC(C)NS(=O)(=O)c1cccc(CNC(=O)CN2C(=O)NC(C)(c3ccc(F)cc3)C2=O)c1. The maximum absolute atomic E-state index is 13.2. The number of rotatable bonds is 8. The van der Waals surface area contributed by atoms with E-state index in [0.717, 1.165) is 4.90 Å². The summed E-state index contributed by atoms with van der Waals surface area (Å²) in [4.78, 5) is 38.5. The molecule has 2 aromatic rings. The first kappa shape index (κ1) is 24.3. The Bertz CT molecular complexity index is 1180. The summed E-state index contributed by atoms with van der Waals surface area (Å²) in [6.07, 6.45) is 0. The van der Waals surface area contributed by atoms with Crippen molar-refractivity contribution in [3.05, 3.63) is 65.5 Å². The van der Waals surface area contributed by atoms with E-state index in [1.807, 2.05) is 0 Å². The van der Waals surface area contributed by atoms with Gasteiger partial charge in [-0.15, -0.1) is 0 Å². The van der Waals surface area contributed by atoms with Crippen molar-refractivity contribution < 1.29 is 27.2 Å². The van der Waals surface area contributed by atoms with Gasteiger partial charge in [0.25, 0.3) is 5.91 Å². The molecule has 0 radical (unpaired) electrons. The van der Waals surface area contributed by atoms with E-state index in [4.69, 9.17) is 0 Å². The van der Waals surface area contributed by atoms with Gasteiger partial charge in [-0.1, -0.05) is 24.3 Å². The Morgan fingerprint density at radius 1 is 1.15 bits per heavy atom. The van der Waals surface area contributed by atoms with Gasteiger partial charge in [0.15, 0.2) is 0 Å². The van der Waals surface area contributed by atoms with E-state index in [0.29, 0.717) is 11.1 Å². The number of carbonyl (C=O) groups excluding carboxylic acids is 3. The van der Waals surface area contributed by atoms with Crippen LogP contribution >= 0.6 is 0 Å². The first-order valence-corrected chi connectivity index (χ1v) is 11.7. The summed E-state index contributed by atoms with van der Waals surface area (Å²) < 4.78 is 40.4. The fourth-order valence-electron chi connectivity index (χ4n) is 3.42. The molecule has 0 spiro atoms. The van der Waals surface area contributed by atoms with Gasteiger partial charge in [0.05, 0.1) is 4.90 Å². The molecular weight excluding hydrogens is 451 g/mol. The molecule has 0 aromatic heterocycles. The van der Waals surface area contributed by atoms with E-state index >= 15 is 0 Å². The number of urea groups is 1. The standard InChI is InChI=1S/C22H25FN4O5S/c1-14(2)26-33(31,32)18-6-4-5-15(11-18)12-24-19(28)13-27-20(29)22(3,25-21(27)30)16-7-9-17(23)10-8-16/h4-11,14,26H,12-13H2,1-3H3,(H,24,28)(H,25,30). The second-order valence-corrected chi connectivity index (χ2v) is 9.87. The largest absolute Gasteiger partial charge is 0.350 e. The quantitative estimate of drug-likeness (QED) is 0.499. The maximum atomic E-state index is 13.2. The third kappa shape index (κ3) is 5.37. The van der Waals surface area contributed by atoms with Crippen molar-refractivity contribution in [1.29, 1.82) is 0 Å². The maximum Gasteiger partial charge on any atom is 0.325 e. The van der Waals surface area contributed by atoms with Crippen LogP contribution in [0.3, 0.4) is 0 Å². The van der Waals surface area contributed by atoms with Gasteiger partial charge in [-0.25, -0.2) is 22.3 Å². The molecule has 1 unspecified atom stereocenters. The summed E-state index contributed by atoms with van der Waals surface area (Å²) >= 11 is 0. The number of hydrogen-bond donors (Lipinski definition) is 3. The first-order chi connectivity index (χ1) is 15.4. The van der Waals surface area contributed by atoms with Crippen LogP contribution in [0.5, 0.6) is 0 Å². The summed E-state index contributed by atoms with van der Waals surface area (Å²) in [6, 6.07) is 10.2. The molecule has 0 aliphatic carbocycles. The van der Waals surface area contributed by atoms with Crippen LogP contribution in [-0.2, 0) is 31.7 Å². The average molecular weight is 477 g/mol. The number of sulfonamides is 1. The Balaban J connectivity index is 1.65. The van der Waals surface area contributed by atoms with Crippen molar-refractivity contribution >= 4 is 27.9 Å². The van der Waals surface area contributed by atoms with Crippen LogP contribution in [0.4, 0.5) is 9.18 Å².